The summed E-state index contributed by atoms with van der Waals surface area (Å²) in [5.41, 5.74) is 0. The second-order valence-electron chi connectivity index (χ2n) is 3.27. The second-order valence-corrected chi connectivity index (χ2v) is 8.26. The molecule has 4 nitrogen and oxygen atoms in total. The van der Waals surface area contributed by atoms with Gasteiger partial charge in [0.2, 0.25) is 22.7 Å². The van der Waals surface area contributed by atoms with Crippen molar-refractivity contribution in [1.82, 2.24) is 0 Å². The van der Waals surface area contributed by atoms with Crippen molar-refractivity contribution in [2.24, 2.45) is 0 Å². The monoisotopic (exact) mass is 310 g/mol. The minimum atomic E-state index is -3.64. The normalized spacial score (nSPS) is 13.8. The van der Waals surface area contributed by atoms with Crippen LogP contribution in [0.5, 0.6) is 0 Å². The van der Waals surface area contributed by atoms with E-state index >= 15 is 0 Å². The smallest absolute Gasteiger partial charge is 0.208 e. The lowest BCUT2D eigenvalue weighted by Gasteiger charge is -2.20. The molecule has 7 heteroatoms. The molecule has 0 aromatic heterocycles. The van der Waals surface area contributed by atoms with Crippen LogP contribution in [0.3, 0.4) is 0 Å². The maximum Gasteiger partial charge on any atom is 0.208 e. The molecule has 0 aliphatic heterocycles. The molecule has 0 aliphatic rings. The highest BCUT2D eigenvalue weighted by Crippen LogP contribution is 2.49. The topological polar surface area (TPSA) is 52.6 Å². The molecule has 1 unspecified atom stereocenters. The van der Waals surface area contributed by atoms with Gasteiger partial charge < -0.3 is 9.05 Å². The molecule has 0 aliphatic carbocycles. The van der Waals surface area contributed by atoms with E-state index in [1.165, 1.54) is 12.1 Å². The van der Waals surface area contributed by atoms with Crippen molar-refractivity contribution in [3.8, 4) is 0 Å². The van der Waals surface area contributed by atoms with Gasteiger partial charge in [0.05, 0.1) is 18.1 Å². The number of hydrogen-bond acceptors (Lipinski definition) is 4. The molecule has 18 heavy (non-hydrogen) atoms. The lowest BCUT2D eigenvalue weighted by molar-refractivity contribution is 0.271. The molecule has 0 spiro atoms. The van der Waals surface area contributed by atoms with E-state index in [4.69, 9.17) is 20.6 Å². The molecule has 0 saturated heterocycles. The summed E-state index contributed by atoms with van der Waals surface area (Å²) in [6.07, 6.45) is 0. The highest BCUT2D eigenvalue weighted by atomic mass is 35.5. The Morgan fingerprint density at radius 1 is 1.17 bits per heavy atom. The summed E-state index contributed by atoms with van der Waals surface area (Å²) in [5, 5.41) is 0. The fourth-order valence-corrected chi connectivity index (χ4v) is 5.11. The summed E-state index contributed by atoms with van der Waals surface area (Å²) in [4.78, 5) is 0.178. The van der Waals surface area contributed by atoms with E-state index in [1.807, 2.05) is 0 Å². The second kappa shape index (κ2) is 7.41. The maximum absolute atomic E-state index is 12.2. The molecular weight excluding hydrogens is 295 g/mol. The zero-order valence-electron chi connectivity index (χ0n) is 10.2. The Morgan fingerprint density at radius 2 is 1.67 bits per heavy atom. The van der Waals surface area contributed by atoms with Gasteiger partial charge in [-0.05, 0) is 26.0 Å². The quantitative estimate of drug-likeness (QED) is 0.572. The summed E-state index contributed by atoms with van der Waals surface area (Å²) in [5.74, 6) is 0. The van der Waals surface area contributed by atoms with Gasteiger partial charge >= 0.3 is 0 Å². The van der Waals surface area contributed by atoms with Gasteiger partial charge in [0.15, 0.2) is 0 Å². The molecule has 0 fully saturated rings. The Balaban J connectivity index is 2.96. The van der Waals surface area contributed by atoms with E-state index in [2.05, 4.69) is 0 Å². The van der Waals surface area contributed by atoms with Crippen molar-refractivity contribution >= 4 is 29.8 Å². The molecule has 0 bridgehead atoms. The maximum atomic E-state index is 12.2. The molecule has 102 valence electrons. The van der Waals surface area contributed by atoms with Crippen LogP contribution in [0.1, 0.15) is 13.8 Å². The number of rotatable bonds is 7. The highest BCUT2D eigenvalue weighted by molar-refractivity contribution is 7.99. The molecule has 1 atom stereocenters. The van der Waals surface area contributed by atoms with Crippen LogP contribution < -0.4 is 0 Å². The van der Waals surface area contributed by atoms with Crippen LogP contribution in [0.25, 0.3) is 0 Å². The minimum Gasteiger partial charge on any atom is -0.333 e. The van der Waals surface area contributed by atoms with Gasteiger partial charge in [-0.15, -0.1) is 0 Å². The Labute approximate surface area is 114 Å². The molecule has 0 heterocycles. The summed E-state index contributed by atoms with van der Waals surface area (Å²) < 4.78 is 33.9. The predicted molar refractivity (Wildman–Crippen MR) is 73.4 cm³/mol. The Kier molecular flexibility index (Phi) is 6.53. The van der Waals surface area contributed by atoms with E-state index in [-0.39, 0.29) is 4.90 Å². The van der Waals surface area contributed by atoms with E-state index in [0.29, 0.717) is 13.2 Å². The molecule has 1 rings (SSSR count). The number of alkyl halides is 1. The van der Waals surface area contributed by atoms with Crippen LogP contribution in [-0.2, 0) is 18.9 Å². The van der Waals surface area contributed by atoms with Crippen molar-refractivity contribution < 1.29 is 17.5 Å². The van der Waals surface area contributed by atoms with Crippen molar-refractivity contribution in [1.29, 1.82) is 0 Å². The van der Waals surface area contributed by atoms with E-state index in [1.54, 1.807) is 32.0 Å². The first-order valence-electron chi connectivity index (χ1n) is 5.52. The zero-order valence-corrected chi connectivity index (χ0v) is 12.7. The molecule has 1 aromatic carbocycles. The summed E-state index contributed by atoms with van der Waals surface area (Å²) in [7, 11) is -5.29. The zero-order chi connectivity index (χ0) is 13.6. The lowest BCUT2D eigenvalue weighted by atomic mass is 10.4. The number of halogens is 1. The molecular formula is C11H16ClO4PS. The number of sulfone groups is 1. The Bertz CT molecular complexity index is 445. The van der Waals surface area contributed by atoms with Gasteiger partial charge in [0.25, 0.3) is 0 Å². The summed E-state index contributed by atoms with van der Waals surface area (Å²) >= 11 is 6.02. The van der Waals surface area contributed by atoms with Crippen molar-refractivity contribution in [2.45, 2.75) is 23.2 Å². The molecule has 0 radical (unpaired) electrons. The van der Waals surface area contributed by atoms with Gasteiger partial charge in [-0.1, -0.05) is 29.8 Å². The number of hydrogen-bond donors (Lipinski definition) is 0. The van der Waals surface area contributed by atoms with Crippen LogP contribution >= 0.6 is 20.0 Å². The van der Waals surface area contributed by atoms with Gasteiger partial charge in [0.1, 0.15) is 0 Å². The van der Waals surface area contributed by atoms with Crippen molar-refractivity contribution in [3.63, 3.8) is 0 Å². The lowest BCUT2D eigenvalue weighted by Crippen LogP contribution is -2.16. The van der Waals surface area contributed by atoms with Crippen LogP contribution in [0.2, 0.25) is 0 Å². The molecule has 0 amide bonds. The van der Waals surface area contributed by atoms with Crippen LogP contribution in [-0.4, -0.2) is 26.1 Å². The van der Waals surface area contributed by atoms with Gasteiger partial charge in [-0.25, -0.2) is 8.42 Å². The Morgan fingerprint density at radius 3 is 2.11 bits per heavy atom. The Hall–Kier alpha value is -0.190. The molecule has 0 saturated carbocycles. The molecule has 0 N–H and O–H groups in total. The first-order chi connectivity index (χ1) is 8.54. The number of benzene rings is 1. The molecule has 1 aromatic rings. The van der Waals surface area contributed by atoms with E-state index in [0.717, 1.165) is 0 Å². The first-order valence-corrected chi connectivity index (χ1v) is 8.75. The third kappa shape index (κ3) is 3.90. The van der Waals surface area contributed by atoms with Gasteiger partial charge in [-0.3, -0.25) is 0 Å². The third-order valence-electron chi connectivity index (χ3n) is 2.01. The van der Waals surface area contributed by atoms with Crippen LogP contribution in [0.15, 0.2) is 35.2 Å². The fraction of sp³-hybridized carbons (Fsp3) is 0.455. The van der Waals surface area contributed by atoms with Crippen molar-refractivity contribution in [2.75, 3.05) is 13.2 Å². The predicted octanol–water partition coefficient (Wildman–Crippen LogP) is 3.37. The van der Waals surface area contributed by atoms with Crippen LogP contribution in [0, 0.1) is 0 Å². The van der Waals surface area contributed by atoms with E-state index in [9.17, 15) is 8.42 Å². The minimum absolute atomic E-state index is 0.178. The SMILES string of the molecule is CCOP(OCC)C(Cl)S(=O)(=O)c1ccccc1. The average molecular weight is 311 g/mol. The van der Waals surface area contributed by atoms with Gasteiger partial charge in [-0.2, -0.15) is 0 Å². The fourth-order valence-electron chi connectivity index (χ4n) is 1.24. The van der Waals surface area contributed by atoms with Crippen molar-refractivity contribution in [3.05, 3.63) is 30.3 Å². The average Bonchev–Trinajstić information content (AvgIpc) is 2.38. The summed E-state index contributed by atoms with van der Waals surface area (Å²) in [6, 6.07) is 8.07. The van der Waals surface area contributed by atoms with Gasteiger partial charge in [0, 0.05) is 0 Å². The van der Waals surface area contributed by atoms with E-state index < -0.39 is 22.7 Å². The largest absolute Gasteiger partial charge is 0.333 e. The summed E-state index contributed by atoms with van der Waals surface area (Å²) in [6.45, 7) is 4.26. The standard InChI is InChI=1S/C11H16ClO4PS/c1-3-15-17(16-4-2)11(12)18(13,14)10-8-6-5-7-9-10/h5-9,11H,3-4H2,1-2H3. The highest BCUT2D eigenvalue weighted by Gasteiger charge is 2.35. The third-order valence-corrected chi connectivity index (χ3v) is 7.34. The first kappa shape index (κ1) is 15.9. The van der Waals surface area contributed by atoms with Crippen LogP contribution in [0.4, 0.5) is 0 Å².